The average Bonchev–Trinajstić information content (AvgIpc) is 2.31. The molecule has 3 nitrogen and oxygen atoms in total. The van der Waals surface area contributed by atoms with Gasteiger partial charge < -0.3 is 5.73 Å². The lowest BCUT2D eigenvalue weighted by Crippen LogP contribution is -2.16. The number of hydrogen-bond acceptors (Lipinski definition) is 3. The molecule has 0 saturated heterocycles. The van der Waals surface area contributed by atoms with Crippen LogP contribution in [-0.2, 0) is 6.42 Å². The van der Waals surface area contributed by atoms with Gasteiger partial charge >= 0.3 is 0 Å². The van der Waals surface area contributed by atoms with Crippen LogP contribution in [0.2, 0.25) is 0 Å². The first-order valence-electron chi connectivity index (χ1n) is 5.33. The van der Waals surface area contributed by atoms with Crippen LogP contribution >= 0.6 is 0 Å². The molecular weight excluding hydrogens is 198 g/mol. The molecule has 1 unspecified atom stereocenters. The summed E-state index contributed by atoms with van der Waals surface area (Å²) in [6.45, 7) is 2.03. The van der Waals surface area contributed by atoms with Crippen molar-refractivity contribution in [3.8, 4) is 0 Å². The van der Waals surface area contributed by atoms with E-state index < -0.39 is 0 Å². The third-order valence-electron chi connectivity index (χ3n) is 2.58. The van der Waals surface area contributed by atoms with Gasteiger partial charge in [-0.1, -0.05) is 12.1 Å². The average molecular weight is 213 g/mol. The smallest absolute Gasteiger partial charge is 0.0603 e. The van der Waals surface area contributed by atoms with E-state index in [2.05, 4.69) is 9.97 Å². The standard InChI is InChI=1S/C13H15N3/c1-10-4-2-7-16-13(10)12(14)8-11-5-3-6-15-9-11/h2-7,9,12H,8,14H2,1H3. The Labute approximate surface area is 95.4 Å². The second kappa shape index (κ2) is 4.86. The first-order chi connectivity index (χ1) is 7.77. The van der Waals surface area contributed by atoms with Crippen LogP contribution in [0.5, 0.6) is 0 Å². The Morgan fingerprint density at radius 1 is 1.25 bits per heavy atom. The van der Waals surface area contributed by atoms with Gasteiger partial charge in [0.25, 0.3) is 0 Å². The molecule has 0 spiro atoms. The summed E-state index contributed by atoms with van der Waals surface area (Å²) < 4.78 is 0. The number of aromatic nitrogens is 2. The molecule has 0 aromatic carbocycles. The number of nitrogens with two attached hydrogens (primary N) is 1. The fraction of sp³-hybridized carbons (Fsp3) is 0.231. The van der Waals surface area contributed by atoms with Gasteiger partial charge in [-0.05, 0) is 36.6 Å². The zero-order chi connectivity index (χ0) is 11.4. The summed E-state index contributed by atoms with van der Waals surface area (Å²) >= 11 is 0. The molecule has 0 aliphatic heterocycles. The van der Waals surface area contributed by atoms with Gasteiger partial charge in [0.2, 0.25) is 0 Å². The van der Waals surface area contributed by atoms with E-state index in [0.717, 1.165) is 23.2 Å². The van der Waals surface area contributed by atoms with Gasteiger partial charge in [0.05, 0.1) is 11.7 Å². The predicted octanol–water partition coefficient (Wildman–Crippen LogP) is 2.03. The quantitative estimate of drug-likeness (QED) is 0.848. The zero-order valence-electron chi connectivity index (χ0n) is 9.30. The molecule has 2 N–H and O–H groups in total. The van der Waals surface area contributed by atoms with Gasteiger partial charge in [-0.25, -0.2) is 0 Å². The van der Waals surface area contributed by atoms with E-state index in [4.69, 9.17) is 5.73 Å². The summed E-state index contributed by atoms with van der Waals surface area (Å²) in [7, 11) is 0. The van der Waals surface area contributed by atoms with Crippen LogP contribution in [0.3, 0.4) is 0 Å². The molecule has 2 rings (SSSR count). The highest BCUT2D eigenvalue weighted by molar-refractivity contribution is 5.23. The van der Waals surface area contributed by atoms with E-state index in [1.54, 1.807) is 12.4 Å². The first kappa shape index (κ1) is 10.8. The largest absolute Gasteiger partial charge is 0.322 e. The normalized spacial score (nSPS) is 12.4. The van der Waals surface area contributed by atoms with Gasteiger partial charge in [0.1, 0.15) is 0 Å². The molecule has 2 heterocycles. The lowest BCUT2D eigenvalue weighted by Gasteiger charge is -2.12. The van der Waals surface area contributed by atoms with Crippen molar-refractivity contribution in [3.63, 3.8) is 0 Å². The summed E-state index contributed by atoms with van der Waals surface area (Å²) in [6.07, 6.45) is 6.16. The molecule has 0 bridgehead atoms. The molecule has 0 aliphatic carbocycles. The van der Waals surface area contributed by atoms with Crippen molar-refractivity contribution in [2.75, 3.05) is 0 Å². The molecule has 0 radical (unpaired) electrons. The van der Waals surface area contributed by atoms with Crippen LogP contribution in [-0.4, -0.2) is 9.97 Å². The summed E-state index contributed by atoms with van der Waals surface area (Å²) in [4.78, 5) is 8.41. The topological polar surface area (TPSA) is 51.8 Å². The van der Waals surface area contributed by atoms with Crippen LogP contribution < -0.4 is 5.73 Å². The van der Waals surface area contributed by atoms with Crippen LogP contribution in [0.4, 0.5) is 0 Å². The van der Waals surface area contributed by atoms with E-state index in [1.807, 2.05) is 37.4 Å². The Hall–Kier alpha value is -1.74. The van der Waals surface area contributed by atoms with E-state index in [0.29, 0.717) is 0 Å². The fourth-order valence-electron chi connectivity index (χ4n) is 1.76. The van der Waals surface area contributed by atoms with Crippen molar-refractivity contribution >= 4 is 0 Å². The maximum absolute atomic E-state index is 6.14. The van der Waals surface area contributed by atoms with Crippen LogP contribution in [0, 0.1) is 6.92 Å². The second-order valence-corrected chi connectivity index (χ2v) is 3.88. The fourth-order valence-corrected chi connectivity index (χ4v) is 1.76. The van der Waals surface area contributed by atoms with Crippen LogP contribution in [0.1, 0.15) is 22.9 Å². The number of hydrogen-bond donors (Lipinski definition) is 1. The second-order valence-electron chi connectivity index (χ2n) is 3.88. The Balaban J connectivity index is 2.15. The highest BCUT2D eigenvalue weighted by atomic mass is 14.8. The highest BCUT2D eigenvalue weighted by Crippen LogP contribution is 2.16. The lowest BCUT2D eigenvalue weighted by atomic mass is 10.0. The zero-order valence-corrected chi connectivity index (χ0v) is 9.30. The van der Waals surface area contributed by atoms with Gasteiger partial charge in [-0.15, -0.1) is 0 Å². The van der Waals surface area contributed by atoms with Crippen molar-refractivity contribution in [3.05, 3.63) is 59.7 Å². The van der Waals surface area contributed by atoms with Crippen molar-refractivity contribution in [1.82, 2.24) is 9.97 Å². The molecule has 2 aromatic rings. The minimum Gasteiger partial charge on any atom is -0.322 e. The number of pyridine rings is 2. The summed E-state index contributed by atoms with van der Waals surface area (Å²) in [6, 6.07) is 7.85. The molecular formula is C13H15N3. The van der Waals surface area contributed by atoms with Crippen molar-refractivity contribution < 1.29 is 0 Å². The van der Waals surface area contributed by atoms with Crippen molar-refractivity contribution in [1.29, 1.82) is 0 Å². The van der Waals surface area contributed by atoms with E-state index in [-0.39, 0.29) is 6.04 Å². The van der Waals surface area contributed by atoms with E-state index in [1.165, 1.54) is 0 Å². The Morgan fingerprint density at radius 2 is 2.06 bits per heavy atom. The van der Waals surface area contributed by atoms with Crippen LogP contribution in [0.15, 0.2) is 42.9 Å². The van der Waals surface area contributed by atoms with Crippen LogP contribution in [0.25, 0.3) is 0 Å². The van der Waals surface area contributed by atoms with E-state index >= 15 is 0 Å². The number of nitrogens with zero attached hydrogens (tertiary/aromatic N) is 2. The number of aryl methyl sites for hydroxylation is 1. The van der Waals surface area contributed by atoms with Gasteiger partial charge in [0.15, 0.2) is 0 Å². The highest BCUT2D eigenvalue weighted by Gasteiger charge is 2.10. The summed E-state index contributed by atoms with van der Waals surface area (Å²) in [5.41, 5.74) is 9.38. The SMILES string of the molecule is Cc1cccnc1C(N)Cc1cccnc1. The molecule has 16 heavy (non-hydrogen) atoms. The molecule has 0 amide bonds. The Bertz CT molecular complexity index is 454. The van der Waals surface area contributed by atoms with Gasteiger partial charge in [-0.2, -0.15) is 0 Å². The summed E-state index contributed by atoms with van der Waals surface area (Å²) in [5, 5.41) is 0. The molecule has 1 atom stereocenters. The molecule has 2 aromatic heterocycles. The predicted molar refractivity (Wildman–Crippen MR) is 63.8 cm³/mol. The third-order valence-corrected chi connectivity index (χ3v) is 2.58. The maximum Gasteiger partial charge on any atom is 0.0603 e. The molecule has 3 heteroatoms. The Morgan fingerprint density at radius 3 is 2.75 bits per heavy atom. The van der Waals surface area contributed by atoms with E-state index in [9.17, 15) is 0 Å². The number of rotatable bonds is 3. The molecule has 0 aliphatic rings. The minimum absolute atomic E-state index is 0.0644. The minimum atomic E-state index is -0.0644. The maximum atomic E-state index is 6.14. The molecule has 0 fully saturated rings. The van der Waals surface area contributed by atoms with Gasteiger partial charge in [-0.3, -0.25) is 9.97 Å². The summed E-state index contributed by atoms with van der Waals surface area (Å²) in [5.74, 6) is 0. The Kier molecular flexibility index (Phi) is 3.27. The molecule has 82 valence electrons. The lowest BCUT2D eigenvalue weighted by molar-refractivity contribution is 0.688. The molecule has 0 saturated carbocycles. The van der Waals surface area contributed by atoms with Crippen molar-refractivity contribution in [2.24, 2.45) is 5.73 Å². The first-order valence-corrected chi connectivity index (χ1v) is 5.33. The van der Waals surface area contributed by atoms with Crippen molar-refractivity contribution in [2.45, 2.75) is 19.4 Å². The monoisotopic (exact) mass is 213 g/mol. The third kappa shape index (κ3) is 2.44. The van der Waals surface area contributed by atoms with Gasteiger partial charge in [0, 0.05) is 18.6 Å².